The van der Waals surface area contributed by atoms with E-state index >= 15 is 0 Å². The molecule has 2 aromatic heterocycles. The molecule has 0 fully saturated rings. The molecule has 4 rings (SSSR count). The van der Waals surface area contributed by atoms with Gasteiger partial charge in [0, 0.05) is 11.1 Å². The lowest BCUT2D eigenvalue weighted by atomic mass is 10.2. The molecule has 4 aromatic rings. The molecule has 0 radical (unpaired) electrons. The zero-order valence-corrected chi connectivity index (χ0v) is 14.2. The molecule has 0 bridgehead atoms. The van der Waals surface area contributed by atoms with Crippen LogP contribution in [0, 0.1) is 5.82 Å². The number of benzene rings is 2. The van der Waals surface area contributed by atoms with Crippen LogP contribution in [0.25, 0.3) is 22.2 Å². The van der Waals surface area contributed by atoms with Gasteiger partial charge >= 0.3 is 0 Å². The van der Waals surface area contributed by atoms with E-state index < -0.39 is 11.7 Å². The normalized spacial score (nSPS) is 10.7. The number of hydrogen-bond donors (Lipinski definition) is 1. The Balaban J connectivity index is 1.60. The highest BCUT2D eigenvalue weighted by molar-refractivity contribution is 7.14. The highest BCUT2D eigenvalue weighted by atomic mass is 32.1. The van der Waals surface area contributed by atoms with E-state index in [1.54, 1.807) is 12.1 Å². The predicted octanol–water partition coefficient (Wildman–Crippen LogP) is 4.86. The van der Waals surface area contributed by atoms with Gasteiger partial charge in [-0.25, -0.2) is 4.39 Å². The Hall–Kier alpha value is -3.32. The first kappa shape index (κ1) is 16.2. The molecule has 0 saturated carbocycles. The number of rotatable bonds is 4. The molecule has 0 aliphatic carbocycles. The highest BCUT2D eigenvalue weighted by Gasteiger charge is 2.17. The molecule has 0 unspecified atom stereocenters. The topological polar surface area (TPSA) is 68.0 Å². The van der Waals surface area contributed by atoms with Crippen molar-refractivity contribution in [3.05, 3.63) is 77.4 Å². The van der Waals surface area contributed by atoms with Crippen LogP contribution in [-0.4, -0.2) is 16.0 Å². The van der Waals surface area contributed by atoms with E-state index in [2.05, 4.69) is 15.5 Å². The molecule has 0 aliphatic rings. The number of halogens is 1. The molecule has 2 aromatic carbocycles. The summed E-state index contributed by atoms with van der Waals surface area (Å²) in [5, 5.41) is 8.56. The summed E-state index contributed by atoms with van der Waals surface area (Å²) in [6, 6.07) is 16.7. The summed E-state index contributed by atoms with van der Waals surface area (Å²) in [5.41, 5.74) is 1.61. The fourth-order valence-electron chi connectivity index (χ4n) is 2.42. The summed E-state index contributed by atoms with van der Waals surface area (Å²) < 4.78 is 18.7. The molecule has 7 heteroatoms. The molecule has 2 heterocycles. The molecule has 128 valence electrons. The summed E-state index contributed by atoms with van der Waals surface area (Å²) >= 11 is 1.37. The molecule has 1 amide bonds. The van der Waals surface area contributed by atoms with Crippen molar-refractivity contribution in [1.29, 1.82) is 0 Å². The minimum Gasteiger partial charge on any atom is -0.333 e. The van der Waals surface area contributed by atoms with Gasteiger partial charge in [-0.3, -0.25) is 4.79 Å². The number of anilines is 1. The SMILES string of the molecule is O=C(Nc1ccsc1-c1nc(-c2ccccc2)no1)c1cccc(F)c1. The second kappa shape index (κ2) is 6.89. The summed E-state index contributed by atoms with van der Waals surface area (Å²) in [4.78, 5) is 17.4. The maximum Gasteiger partial charge on any atom is 0.270 e. The monoisotopic (exact) mass is 365 g/mol. The van der Waals surface area contributed by atoms with E-state index in [4.69, 9.17) is 4.52 Å². The van der Waals surface area contributed by atoms with Crippen molar-refractivity contribution >= 4 is 22.9 Å². The first-order valence-electron chi connectivity index (χ1n) is 7.74. The van der Waals surface area contributed by atoms with Crippen LogP contribution in [0.15, 0.2) is 70.6 Å². The number of aromatic nitrogens is 2. The second-order valence-electron chi connectivity index (χ2n) is 5.42. The quantitative estimate of drug-likeness (QED) is 0.561. The smallest absolute Gasteiger partial charge is 0.270 e. The van der Waals surface area contributed by atoms with Crippen molar-refractivity contribution < 1.29 is 13.7 Å². The molecular weight excluding hydrogens is 353 g/mol. The average Bonchev–Trinajstić information content (AvgIpc) is 3.31. The Kier molecular flexibility index (Phi) is 4.28. The van der Waals surface area contributed by atoms with Gasteiger partial charge in [0.05, 0.1) is 5.69 Å². The van der Waals surface area contributed by atoms with Crippen molar-refractivity contribution in [2.75, 3.05) is 5.32 Å². The summed E-state index contributed by atoms with van der Waals surface area (Å²) in [7, 11) is 0. The maximum atomic E-state index is 13.3. The third-order valence-corrected chi connectivity index (χ3v) is 4.55. The number of carbonyl (C=O) groups excluding carboxylic acids is 1. The van der Waals surface area contributed by atoms with E-state index in [0.29, 0.717) is 22.3 Å². The Bertz CT molecular complexity index is 1060. The Labute approximate surface area is 152 Å². The van der Waals surface area contributed by atoms with Crippen molar-refractivity contribution in [3.63, 3.8) is 0 Å². The summed E-state index contributed by atoms with van der Waals surface area (Å²) in [6.45, 7) is 0. The zero-order chi connectivity index (χ0) is 17.9. The molecule has 0 spiro atoms. The van der Waals surface area contributed by atoms with Gasteiger partial charge in [0.2, 0.25) is 5.82 Å². The standard InChI is InChI=1S/C19H12FN3O2S/c20-14-8-4-7-13(11-14)18(24)21-15-9-10-26-16(15)19-22-17(23-25-19)12-5-2-1-3-6-12/h1-11H,(H,21,24). The maximum absolute atomic E-state index is 13.3. The van der Waals surface area contributed by atoms with Crippen LogP contribution in [0.3, 0.4) is 0 Å². The van der Waals surface area contributed by atoms with Crippen LogP contribution in [0.1, 0.15) is 10.4 Å². The van der Waals surface area contributed by atoms with Crippen LogP contribution in [0.5, 0.6) is 0 Å². The van der Waals surface area contributed by atoms with Gasteiger partial charge in [-0.15, -0.1) is 11.3 Å². The second-order valence-corrected chi connectivity index (χ2v) is 6.33. The molecule has 0 atom stereocenters. The molecule has 0 saturated heterocycles. The van der Waals surface area contributed by atoms with Crippen molar-refractivity contribution in [3.8, 4) is 22.2 Å². The van der Waals surface area contributed by atoms with Gasteiger partial charge in [0.25, 0.3) is 11.8 Å². The van der Waals surface area contributed by atoms with E-state index in [1.165, 1.54) is 29.5 Å². The van der Waals surface area contributed by atoms with Gasteiger partial charge in [-0.2, -0.15) is 4.98 Å². The highest BCUT2D eigenvalue weighted by Crippen LogP contribution is 2.34. The van der Waals surface area contributed by atoms with Crippen LogP contribution in [0.2, 0.25) is 0 Å². The molecule has 5 nitrogen and oxygen atoms in total. The van der Waals surface area contributed by atoms with Gasteiger partial charge in [-0.1, -0.05) is 41.6 Å². The van der Waals surface area contributed by atoms with Crippen LogP contribution < -0.4 is 5.32 Å². The molecule has 0 aliphatic heterocycles. The summed E-state index contributed by atoms with van der Waals surface area (Å²) in [5.74, 6) is -0.0932. The third kappa shape index (κ3) is 3.25. The predicted molar refractivity (Wildman–Crippen MR) is 97.4 cm³/mol. The van der Waals surface area contributed by atoms with E-state index in [1.807, 2.05) is 35.7 Å². The Morgan fingerprint density at radius 1 is 1.08 bits per heavy atom. The molecular formula is C19H12FN3O2S. The van der Waals surface area contributed by atoms with Gasteiger partial charge in [0.1, 0.15) is 10.7 Å². The number of amides is 1. The number of hydrogen-bond acceptors (Lipinski definition) is 5. The van der Waals surface area contributed by atoms with Gasteiger partial charge in [0.15, 0.2) is 0 Å². The van der Waals surface area contributed by atoms with E-state index in [-0.39, 0.29) is 5.56 Å². The first-order chi connectivity index (χ1) is 12.7. The zero-order valence-electron chi connectivity index (χ0n) is 13.3. The first-order valence-corrected chi connectivity index (χ1v) is 8.62. The van der Waals surface area contributed by atoms with Crippen LogP contribution in [-0.2, 0) is 0 Å². The number of carbonyl (C=O) groups is 1. The van der Waals surface area contributed by atoms with E-state index in [9.17, 15) is 9.18 Å². The largest absolute Gasteiger partial charge is 0.333 e. The fourth-order valence-corrected chi connectivity index (χ4v) is 3.19. The average molecular weight is 365 g/mol. The van der Waals surface area contributed by atoms with Crippen LogP contribution in [0.4, 0.5) is 10.1 Å². The van der Waals surface area contributed by atoms with Gasteiger partial charge in [-0.05, 0) is 29.6 Å². The molecule has 1 N–H and O–H groups in total. The minimum absolute atomic E-state index is 0.234. The number of nitrogens with zero attached hydrogens (tertiary/aromatic N) is 2. The lowest BCUT2D eigenvalue weighted by Crippen LogP contribution is -2.12. The lowest BCUT2D eigenvalue weighted by Gasteiger charge is -2.04. The van der Waals surface area contributed by atoms with Crippen molar-refractivity contribution in [1.82, 2.24) is 10.1 Å². The fraction of sp³-hybridized carbons (Fsp3) is 0. The lowest BCUT2D eigenvalue weighted by molar-refractivity contribution is 0.102. The van der Waals surface area contributed by atoms with E-state index in [0.717, 1.165) is 5.56 Å². The number of nitrogens with one attached hydrogen (secondary N) is 1. The minimum atomic E-state index is -0.465. The summed E-state index contributed by atoms with van der Waals surface area (Å²) in [6.07, 6.45) is 0. The third-order valence-electron chi connectivity index (χ3n) is 3.65. The van der Waals surface area contributed by atoms with Crippen LogP contribution >= 0.6 is 11.3 Å². The molecule has 26 heavy (non-hydrogen) atoms. The van der Waals surface area contributed by atoms with Crippen molar-refractivity contribution in [2.24, 2.45) is 0 Å². The van der Waals surface area contributed by atoms with Crippen molar-refractivity contribution in [2.45, 2.75) is 0 Å². The van der Waals surface area contributed by atoms with Gasteiger partial charge < -0.3 is 9.84 Å². The Morgan fingerprint density at radius 3 is 2.73 bits per heavy atom. The Morgan fingerprint density at radius 2 is 1.92 bits per heavy atom. The number of thiophene rings is 1.